The van der Waals surface area contributed by atoms with Gasteiger partial charge >= 0.3 is 92.0 Å². The number of hydrogen-bond acceptors (Lipinski definition) is 4. The Bertz CT molecular complexity index is 110. The van der Waals surface area contributed by atoms with Crippen molar-refractivity contribution in [3.8, 4) is 0 Å². The van der Waals surface area contributed by atoms with Gasteiger partial charge in [-0.2, -0.15) is 0 Å². The molecule has 0 spiro atoms. The Morgan fingerprint density at radius 2 is 1.70 bits per heavy atom. The fourth-order valence-electron chi connectivity index (χ4n) is 0.275. The Labute approximate surface area is 91.1 Å². The third-order valence-electron chi connectivity index (χ3n) is 0.674. The van der Waals surface area contributed by atoms with Crippen LogP contribution in [0, 0.1) is 0 Å². The molecule has 0 unspecified atom stereocenters. The Balaban J connectivity index is 0. The van der Waals surface area contributed by atoms with Gasteiger partial charge in [-0.1, -0.05) is 0 Å². The van der Waals surface area contributed by atoms with Gasteiger partial charge in [-0.3, -0.25) is 0 Å². The Kier molecular flexibility index (Phi) is 7.90. The van der Waals surface area contributed by atoms with Crippen molar-refractivity contribution in [2.75, 3.05) is 0 Å². The summed E-state index contributed by atoms with van der Waals surface area (Å²) in [5.41, 5.74) is 0. The SMILES string of the molecule is O=C(O)C[CH2][Ge]([OH])([OH])[OH].[CaH2]. The molecule has 0 aliphatic heterocycles. The van der Waals surface area contributed by atoms with Gasteiger partial charge in [0.05, 0.1) is 0 Å². The molecular formula is C3H10CaGeO5. The van der Waals surface area contributed by atoms with Crippen LogP contribution in [0.3, 0.4) is 0 Å². The van der Waals surface area contributed by atoms with E-state index in [2.05, 4.69) is 0 Å². The molecule has 0 atom stereocenters. The molecule has 0 aromatic heterocycles. The van der Waals surface area contributed by atoms with Gasteiger partial charge in [0, 0.05) is 0 Å². The van der Waals surface area contributed by atoms with Crippen molar-refractivity contribution >= 4 is 58.0 Å². The zero-order valence-electron chi connectivity index (χ0n) is 4.61. The molecular weight excluding hydrogens is 229 g/mol. The molecule has 0 aromatic rings. The predicted molar refractivity (Wildman–Crippen MR) is 38.0 cm³/mol. The van der Waals surface area contributed by atoms with Crippen molar-refractivity contribution in [2.24, 2.45) is 0 Å². The third kappa shape index (κ3) is 11.9. The molecule has 58 valence electrons. The molecule has 0 bridgehead atoms. The van der Waals surface area contributed by atoms with Crippen LogP contribution in [0.1, 0.15) is 6.42 Å². The second-order valence-electron chi connectivity index (χ2n) is 1.67. The van der Waals surface area contributed by atoms with Crippen molar-refractivity contribution < 1.29 is 22.3 Å². The van der Waals surface area contributed by atoms with Crippen LogP contribution in [0.15, 0.2) is 0 Å². The van der Waals surface area contributed by atoms with E-state index in [4.69, 9.17) is 17.5 Å². The number of carboxylic acid groups (broad SMARTS) is 1. The summed E-state index contributed by atoms with van der Waals surface area (Å²) in [5, 5.41) is 7.58. The van der Waals surface area contributed by atoms with Crippen molar-refractivity contribution in [2.45, 2.75) is 11.7 Å². The Hall–Kier alpha value is 1.15. The van der Waals surface area contributed by atoms with E-state index < -0.39 is 25.5 Å². The van der Waals surface area contributed by atoms with E-state index in [1.165, 1.54) is 0 Å². The molecule has 0 aliphatic rings. The fraction of sp³-hybridized carbons (Fsp3) is 0.667. The molecule has 0 radical (unpaired) electrons. The van der Waals surface area contributed by atoms with E-state index in [0.717, 1.165) is 0 Å². The summed E-state index contributed by atoms with van der Waals surface area (Å²) in [6.07, 6.45) is -0.385. The van der Waals surface area contributed by atoms with Gasteiger partial charge in [-0.25, -0.2) is 0 Å². The molecule has 0 aliphatic carbocycles. The van der Waals surface area contributed by atoms with Crippen LogP contribution in [-0.2, 0) is 4.79 Å². The molecule has 7 heteroatoms. The van der Waals surface area contributed by atoms with Crippen LogP contribution in [0.5, 0.6) is 0 Å². The van der Waals surface area contributed by atoms with Crippen LogP contribution in [-0.4, -0.2) is 75.5 Å². The quantitative estimate of drug-likeness (QED) is 0.407. The maximum absolute atomic E-state index is 9.74. The van der Waals surface area contributed by atoms with E-state index >= 15 is 0 Å². The molecule has 0 fully saturated rings. The van der Waals surface area contributed by atoms with Crippen LogP contribution in [0.2, 0.25) is 5.25 Å². The Morgan fingerprint density at radius 1 is 1.30 bits per heavy atom. The van der Waals surface area contributed by atoms with E-state index in [0.29, 0.717) is 0 Å². The monoisotopic (exact) mass is 240 g/mol. The van der Waals surface area contributed by atoms with E-state index in [1.807, 2.05) is 0 Å². The van der Waals surface area contributed by atoms with Gasteiger partial charge in [0.2, 0.25) is 0 Å². The normalized spacial score (nSPS) is 10.3. The molecule has 10 heavy (non-hydrogen) atoms. The van der Waals surface area contributed by atoms with Crippen LogP contribution in [0.25, 0.3) is 0 Å². The third-order valence-corrected chi connectivity index (χ3v) is 2.61. The first kappa shape index (κ1) is 13.7. The van der Waals surface area contributed by atoms with Crippen molar-refractivity contribution in [1.29, 1.82) is 0 Å². The van der Waals surface area contributed by atoms with Crippen LogP contribution < -0.4 is 0 Å². The van der Waals surface area contributed by atoms with Crippen molar-refractivity contribution in [1.82, 2.24) is 0 Å². The number of rotatable bonds is 3. The molecule has 0 aromatic carbocycles. The summed E-state index contributed by atoms with van der Waals surface area (Å²) in [6.45, 7) is 0. The van der Waals surface area contributed by atoms with Crippen LogP contribution in [0.4, 0.5) is 0 Å². The first-order valence-corrected chi connectivity index (χ1v) is 6.60. The molecule has 0 rings (SSSR count). The number of hydrogen-bond donors (Lipinski definition) is 4. The second-order valence-corrected chi connectivity index (χ2v) is 5.97. The molecule has 5 nitrogen and oxygen atoms in total. The first-order valence-electron chi connectivity index (χ1n) is 2.31. The van der Waals surface area contributed by atoms with Gasteiger partial charge < -0.3 is 0 Å². The average Bonchev–Trinajstić information content (AvgIpc) is 1.59. The van der Waals surface area contributed by atoms with E-state index in [-0.39, 0.29) is 44.2 Å². The Morgan fingerprint density at radius 3 is 1.80 bits per heavy atom. The first-order chi connectivity index (χ1) is 3.92. The molecule has 0 saturated carbocycles. The van der Waals surface area contributed by atoms with Gasteiger partial charge in [0.25, 0.3) is 0 Å². The fourth-order valence-corrected chi connectivity index (χ4v) is 1.43. The number of carboxylic acids is 1. The zero-order valence-corrected chi connectivity index (χ0v) is 6.71. The average molecular weight is 239 g/mol. The minimum absolute atomic E-state index is 0. The van der Waals surface area contributed by atoms with E-state index in [1.54, 1.807) is 0 Å². The molecule has 4 N–H and O–H groups in total. The van der Waals surface area contributed by atoms with Gasteiger partial charge in [-0.05, 0) is 0 Å². The zero-order chi connectivity index (χ0) is 7.49. The second kappa shape index (κ2) is 5.76. The summed E-state index contributed by atoms with van der Waals surface area (Å²) in [5.74, 6) is -1.14. The topological polar surface area (TPSA) is 98.0 Å². The minimum atomic E-state index is -4.54. The standard InChI is InChI=1S/C3H8GeO5.Ca.2H/c5-3(6)1-2-4(7,8)9;;;/h7-9H,1-2H2,(H,5,6);;;. The van der Waals surface area contributed by atoms with E-state index in [9.17, 15) is 4.79 Å². The summed E-state index contributed by atoms with van der Waals surface area (Å²) in [4.78, 5) is 9.74. The summed E-state index contributed by atoms with van der Waals surface area (Å²) in [6, 6.07) is 0. The van der Waals surface area contributed by atoms with Gasteiger partial charge in [-0.15, -0.1) is 0 Å². The maximum atomic E-state index is 9.74. The number of carbonyl (C=O) groups is 1. The summed E-state index contributed by atoms with van der Waals surface area (Å²) >= 11 is -4.54. The molecule has 0 saturated heterocycles. The van der Waals surface area contributed by atoms with Crippen molar-refractivity contribution in [3.05, 3.63) is 0 Å². The molecule has 0 amide bonds. The number of aliphatic carboxylic acids is 1. The van der Waals surface area contributed by atoms with Crippen molar-refractivity contribution in [3.63, 3.8) is 0 Å². The summed E-state index contributed by atoms with van der Waals surface area (Å²) in [7, 11) is 0. The molecule has 0 heterocycles. The van der Waals surface area contributed by atoms with Gasteiger partial charge in [0.1, 0.15) is 0 Å². The predicted octanol–water partition coefficient (Wildman–Crippen LogP) is -2.54. The summed E-state index contributed by atoms with van der Waals surface area (Å²) < 4.78 is 24.9. The van der Waals surface area contributed by atoms with Crippen LogP contribution >= 0.6 is 0 Å². The van der Waals surface area contributed by atoms with Gasteiger partial charge in [0.15, 0.2) is 0 Å².